The monoisotopic (exact) mass is 373 g/mol. The molecule has 142 valence electrons. The first-order valence-corrected chi connectivity index (χ1v) is 9.91. The third-order valence-corrected chi connectivity index (χ3v) is 5.37. The van der Waals surface area contributed by atoms with Gasteiger partial charge in [0.1, 0.15) is 11.8 Å². The largest absolute Gasteiger partial charge is 0.432 e. The molecule has 0 saturated carbocycles. The molecule has 4 heterocycles. The molecule has 4 aromatic heterocycles. The van der Waals surface area contributed by atoms with Crippen LogP contribution in [0.1, 0.15) is 42.7 Å². The number of anilines is 1. The van der Waals surface area contributed by atoms with E-state index in [1.54, 1.807) is 18.7 Å². The number of hydrogen-bond donors (Lipinski definition) is 1. The molecule has 6 heteroatoms. The Hall–Kier alpha value is -3.02. The Balaban J connectivity index is 1.62. The lowest BCUT2D eigenvalue weighted by Gasteiger charge is -2.10. The summed E-state index contributed by atoms with van der Waals surface area (Å²) in [4.78, 5) is 18.0. The molecule has 1 N–H and O–H groups in total. The number of aromatic nitrogens is 4. The molecule has 0 aliphatic heterocycles. The van der Waals surface area contributed by atoms with Gasteiger partial charge in [0.25, 0.3) is 0 Å². The van der Waals surface area contributed by atoms with Gasteiger partial charge in [-0.1, -0.05) is 13.8 Å². The van der Waals surface area contributed by atoms with Crippen LogP contribution in [0.15, 0.2) is 35.3 Å². The lowest BCUT2D eigenvalue weighted by atomic mass is 9.99. The van der Waals surface area contributed by atoms with Crippen LogP contribution in [0, 0.1) is 5.92 Å². The highest BCUT2D eigenvalue weighted by molar-refractivity contribution is 6.06. The van der Waals surface area contributed by atoms with Gasteiger partial charge in [0, 0.05) is 24.6 Å². The Kier molecular flexibility index (Phi) is 4.19. The van der Waals surface area contributed by atoms with Gasteiger partial charge in [0.05, 0.1) is 5.39 Å². The molecule has 0 saturated heterocycles. The maximum Gasteiger partial charge on any atom is 0.229 e. The first kappa shape index (κ1) is 17.1. The molecule has 6 nitrogen and oxygen atoms in total. The molecule has 0 aromatic carbocycles. The summed E-state index contributed by atoms with van der Waals surface area (Å²) in [7, 11) is 0. The van der Waals surface area contributed by atoms with Gasteiger partial charge in [-0.3, -0.25) is 4.98 Å². The van der Waals surface area contributed by atoms with E-state index in [4.69, 9.17) is 9.40 Å². The van der Waals surface area contributed by atoms with Gasteiger partial charge in [0.15, 0.2) is 11.4 Å². The van der Waals surface area contributed by atoms with Crippen molar-refractivity contribution in [3.05, 3.63) is 53.2 Å². The van der Waals surface area contributed by atoms with Crippen LogP contribution >= 0.6 is 0 Å². The van der Waals surface area contributed by atoms with E-state index in [1.807, 2.05) is 12.1 Å². The second-order valence-corrected chi connectivity index (χ2v) is 7.86. The standard InChI is InChI=1S/C22H23N5O/c1-13(2)10-17-15-4-3-5-16(15)18-19-20(28-22(18)27-17)21(26-12-25-19)24-11-14-6-8-23-9-7-14/h6-9,12-13H,3-5,10-11H2,1-2H3,(H,24,25,26). The van der Waals surface area contributed by atoms with Crippen LogP contribution in [-0.2, 0) is 25.8 Å². The van der Waals surface area contributed by atoms with Gasteiger partial charge in [-0.15, -0.1) is 0 Å². The first-order chi connectivity index (χ1) is 13.7. The minimum absolute atomic E-state index is 0.566. The number of fused-ring (bicyclic) bond motifs is 5. The number of aryl methyl sites for hydroxylation is 1. The average molecular weight is 373 g/mol. The van der Waals surface area contributed by atoms with Crippen LogP contribution in [0.5, 0.6) is 0 Å². The Morgan fingerprint density at radius 1 is 1.11 bits per heavy atom. The van der Waals surface area contributed by atoms with Gasteiger partial charge in [0.2, 0.25) is 5.71 Å². The normalized spacial score (nSPS) is 13.5. The van der Waals surface area contributed by atoms with Gasteiger partial charge in [-0.25, -0.2) is 15.0 Å². The van der Waals surface area contributed by atoms with E-state index in [1.165, 1.54) is 23.2 Å². The van der Waals surface area contributed by atoms with Gasteiger partial charge in [-0.2, -0.15) is 0 Å². The number of nitrogens with one attached hydrogen (secondary N) is 1. The van der Waals surface area contributed by atoms with Crippen LogP contribution < -0.4 is 5.32 Å². The number of furan rings is 1. The fourth-order valence-corrected chi connectivity index (χ4v) is 4.14. The van der Waals surface area contributed by atoms with E-state index in [-0.39, 0.29) is 0 Å². The van der Waals surface area contributed by atoms with Crippen molar-refractivity contribution in [2.45, 2.75) is 46.1 Å². The molecule has 1 aliphatic rings. The summed E-state index contributed by atoms with van der Waals surface area (Å²) < 4.78 is 6.21. The molecule has 1 aliphatic carbocycles. The minimum Gasteiger partial charge on any atom is -0.432 e. The first-order valence-electron chi connectivity index (χ1n) is 9.91. The number of hydrogen-bond acceptors (Lipinski definition) is 6. The van der Waals surface area contributed by atoms with Crippen molar-refractivity contribution >= 4 is 28.0 Å². The molecule has 0 fully saturated rings. The molecule has 0 bridgehead atoms. The summed E-state index contributed by atoms with van der Waals surface area (Å²) in [5, 5.41) is 4.45. The third-order valence-electron chi connectivity index (χ3n) is 5.37. The molecule has 0 atom stereocenters. The quantitative estimate of drug-likeness (QED) is 0.556. The zero-order valence-corrected chi connectivity index (χ0v) is 16.2. The van der Waals surface area contributed by atoms with Crippen molar-refractivity contribution < 1.29 is 4.42 Å². The van der Waals surface area contributed by atoms with Crippen LogP contribution in [-0.4, -0.2) is 19.9 Å². The Morgan fingerprint density at radius 2 is 1.93 bits per heavy atom. The zero-order chi connectivity index (χ0) is 19.1. The highest BCUT2D eigenvalue weighted by Gasteiger charge is 2.25. The minimum atomic E-state index is 0.566. The van der Waals surface area contributed by atoms with E-state index >= 15 is 0 Å². The maximum absolute atomic E-state index is 6.21. The molecule has 28 heavy (non-hydrogen) atoms. The second-order valence-electron chi connectivity index (χ2n) is 7.86. The summed E-state index contributed by atoms with van der Waals surface area (Å²) in [5.41, 5.74) is 7.36. The second kappa shape index (κ2) is 6.86. The van der Waals surface area contributed by atoms with Crippen molar-refractivity contribution in [2.24, 2.45) is 5.92 Å². The molecule has 5 rings (SSSR count). The highest BCUT2D eigenvalue weighted by Crippen LogP contribution is 2.38. The summed E-state index contributed by atoms with van der Waals surface area (Å²) in [6.45, 7) is 5.12. The number of pyridine rings is 2. The summed E-state index contributed by atoms with van der Waals surface area (Å²) in [6.07, 6.45) is 9.51. The number of rotatable bonds is 5. The predicted molar refractivity (Wildman–Crippen MR) is 109 cm³/mol. The Bertz CT molecular complexity index is 1150. The van der Waals surface area contributed by atoms with E-state index in [9.17, 15) is 0 Å². The fourth-order valence-electron chi connectivity index (χ4n) is 4.14. The highest BCUT2D eigenvalue weighted by atomic mass is 16.3. The lowest BCUT2D eigenvalue weighted by Crippen LogP contribution is -2.03. The molecule has 0 amide bonds. The summed E-state index contributed by atoms with van der Waals surface area (Å²) >= 11 is 0. The van der Waals surface area contributed by atoms with Crippen LogP contribution in [0.25, 0.3) is 22.2 Å². The van der Waals surface area contributed by atoms with E-state index < -0.39 is 0 Å². The van der Waals surface area contributed by atoms with Gasteiger partial charge in [-0.05, 0) is 60.4 Å². The van der Waals surface area contributed by atoms with Crippen molar-refractivity contribution in [1.29, 1.82) is 0 Å². The lowest BCUT2D eigenvalue weighted by molar-refractivity contribution is 0.616. The van der Waals surface area contributed by atoms with Crippen molar-refractivity contribution in [2.75, 3.05) is 5.32 Å². The van der Waals surface area contributed by atoms with Crippen LogP contribution in [0.2, 0.25) is 0 Å². The predicted octanol–water partition coefficient (Wildman–Crippen LogP) is 4.47. The Morgan fingerprint density at radius 3 is 2.75 bits per heavy atom. The molecule has 0 radical (unpaired) electrons. The molecule has 0 unspecified atom stereocenters. The van der Waals surface area contributed by atoms with Crippen LogP contribution in [0.4, 0.5) is 5.82 Å². The topological polar surface area (TPSA) is 76.7 Å². The maximum atomic E-state index is 6.21. The zero-order valence-electron chi connectivity index (χ0n) is 16.2. The van der Waals surface area contributed by atoms with Crippen molar-refractivity contribution in [1.82, 2.24) is 19.9 Å². The fraction of sp³-hybridized carbons (Fsp3) is 0.364. The van der Waals surface area contributed by atoms with Gasteiger partial charge < -0.3 is 9.73 Å². The van der Waals surface area contributed by atoms with Gasteiger partial charge >= 0.3 is 0 Å². The third kappa shape index (κ3) is 2.89. The molecular weight excluding hydrogens is 350 g/mol. The van der Waals surface area contributed by atoms with Crippen molar-refractivity contribution in [3.63, 3.8) is 0 Å². The molecular formula is C22H23N5O. The molecule has 0 spiro atoms. The molecule has 4 aromatic rings. The van der Waals surface area contributed by atoms with E-state index in [2.05, 4.69) is 34.1 Å². The average Bonchev–Trinajstić information content (AvgIpc) is 3.31. The van der Waals surface area contributed by atoms with E-state index in [0.29, 0.717) is 29.6 Å². The van der Waals surface area contributed by atoms with Crippen molar-refractivity contribution in [3.8, 4) is 0 Å². The van der Waals surface area contributed by atoms with E-state index in [0.717, 1.165) is 35.7 Å². The van der Waals surface area contributed by atoms with Crippen LogP contribution in [0.3, 0.4) is 0 Å². The summed E-state index contributed by atoms with van der Waals surface area (Å²) in [6, 6.07) is 3.97. The smallest absolute Gasteiger partial charge is 0.229 e. The number of nitrogens with zero attached hydrogens (tertiary/aromatic N) is 4. The SMILES string of the molecule is CC(C)Cc1nc2oc3c(NCc4ccncc4)ncnc3c2c2c1CCC2. The Labute approximate surface area is 163 Å². The summed E-state index contributed by atoms with van der Waals surface area (Å²) in [5.74, 6) is 1.27.